The molecular formula is C15H22N2. The number of hydrogen-bond donors (Lipinski definition) is 1. The molecule has 2 nitrogen and oxygen atoms in total. The minimum Gasteiger partial charge on any atom is -0.330 e. The van der Waals surface area contributed by atoms with Crippen LogP contribution in [0.3, 0.4) is 0 Å². The fraction of sp³-hybridized carbons (Fsp3) is 0.467. The van der Waals surface area contributed by atoms with Crippen LogP contribution in [-0.2, 0) is 6.54 Å². The summed E-state index contributed by atoms with van der Waals surface area (Å²) in [4.78, 5) is 2.24. The van der Waals surface area contributed by atoms with Gasteiger partial charge in [0.25, 0.3) is 0 Å². The maximum absolute atomic E-state index is 5.65. The van der Waals surface area contributed by atoms with Crippen molar-refractivity contribution in [2.45, 2.75) is 26.3 Å². The Hall–Kier alpha value is -1.30. The zero-order chi connectivity index (χ0) is 12.7. The SMILES string of the molecule is C#CCN(CC)Cc1ccc(C(C)CN)cc1. The fourth-order valence-electron chi connectivity index (χ4n) is 1.75. The minimum absolute atomic E-state index is 0.428. The van der Waals surface area contributed by atoms with Crippen molar-refractivity contribution >= 4 is 0 Å². The Morgan fingerprint density at radius 1 is 1.35 bits per heavy atom. The molecule has 17 heavy (non-hydrogen) atoms. The van der Waals surface area contributed by atoms with E-state index in [4.69, 9.17) is 12.2 Å². The predicted octanol–water partition coefficient (Wildman–Crippen LogP) is 2.20. The van der Waals surface area contributed by atoms with E-state index in [1.165, 1.54) is 11.1 Å². The molecule has 0 bridgehead atoms. The van der Waals surface area contributed by atoms with Gasteiger partial charge in [-0.15, -0.1) is 6.42 Å². The molecule has 2 N–H and O–H groups in total. The number of terminal acetylenes is 1. The van der Waals surface area contributed by atoms with Gasteiger partial charge in [-0.1, -0.05) is 44.0 Å². The zero-order valence-electron chi connectivity index (χ0n) is 10.8. The molecule has 1 aromatic rings. The lowest BCUT2D eigenvalue weighted by atomic mass is 10.00. The standard InChI is InChI=1S/C15H22N2/c1-4-10-17(5-2)12-14-6-8-15(9-7-14)13(3)11-16/h1,6-9,13H,5,10-12,16H2,2-3H3. The second-order valence-electron chi connectivity index (χ2n) is 4.39. The summed E-state index contributed by atoms with van der Waals surface area (Å²) in [6.07, 6.45) is 5.33. The summed E-state index contributed by atoms with van der Waals surface area (Å²) in [5.41, 5.74) is 8.26. The monoisotopic (exact) mass is 230 g/mol. The van der Waals surface area contributed by atoms with Gasteiger partial charge in [-0.3, -0.25) is 4.90 Å². The van der Waals surface area contributed by atoms with Gasteiger partial charge in [-0.05, 0) is 30.1 Å². The van der Waals surface area contributed by atoms with Crippen molar-refractivity contribution in [2.75, 3.05) is 19.6 Å². The molecule has 0 spiro atoms. The molecule has 0 radical (unpaired) electrons. The normalized spacial score (nSPS) is 12.4. The summed E-state index contributed by atoms with van der Waals surface area (Å²) in [5.74, 6) is 3.11. The van der Waals surface area contributed by atoms with Crippen LogP contribution in [0.15, 0.2) is 24.3 Å². The van der Waals surface area contributed by atoms with Crippen molar-refractivity contribution in [3.63, 3.8) is 0 Å². The highest BCUT2D eigenvalue weighted by Gasteiger charge is 2.05. The number of nitrogens with two attached hydrogens (primary N) is 1. The molecule has 0 aromatic heterocycles. The van der Waals surface area contributed by atoms with Crippen LogP contribution in [0.2, 0.25) is 0 Å². The lowest BCUT2D eigenvalue weighted by molar-refractivity contribution is 0.316. The van der Waals surface area contributed by atoms with E-state index in [-0.39, 0.29) is 0 Å². The topological polar surface area (TPSA) is 29.3 Å². The number of hydrogen-bond acceptors (Lipinski definition) is 2. The molecule has 92 valence electrons. The van der Waals surface area contributed by atoms with Gasteiger partial charge in [-0.25, -0.2) is 0 Å². The quantitative estimate of drug-likeness (QED) is 0.759. The first-order chi connectivity index (χ1) is 8.21. The van der Waals surface area contributed by atoms with E-state index in [2.05, 4.69) is 48.9 Å². The van der Waals surface area contributed by atoms with Gasteiger partial charge in [0.1, 0.15) is 0 Å². The molecule has 0 amide bonds. The van der Waals surface area contributed by atoms with Crippen molar-refractivity contribution in [2.24, 2.45) is 5.73 Å². The molecule has 1 unspecified atom stereocenters. The van der Waals surface area contributed by atoms with E-state index in [1.807, 2.05) is 0 Å². The highest BCUT2D eigenvalue weighted by molar-refractivity contribution is 5.25. The van der Waals surface area contributed by atoms with Gasteiger partial charge in [0.15, 0.2) is 0 Å². The minimum atomic E-state index is 0.428. The molecule has 1 aromatic carbocycles. The third-order valence-corrected chi connectivity index (χ3v) is 3.07. The van der Waals surface area contributed by atoms with E-state index in [1.54, 1.807) is 0 Å². The molecule has 2 heteroatoms. The zero-order valence-corrected chi connectivity index (χ0v) is 10.8. The molecule has 0 aliphatic heterocycles. The predicted molar refractivity (Wildman–Crippen MR) is 73.7 cm³/mol. The lowest BCUT2D eigenvalue weighted by Gasteiger charge is -2.18. The van der Waals surface area contributed by atoms with Crippen molar-refractivity contribution in [1.29, 1.82) is 0 Å². The summed E-state index contributed by atoms with van der Waals surface area (Å²) in [5, 5.41) is 0. The summed E-state index contributed by atoms with van der Waals surface area (Å²) in [7, 11) is 0. The van der Waals surface area contributed by atoms with Gasteiger partial charge in [0.05, 0.1) is 6.54 Å². The third kappa shape index (κ3) is 4.22. The Bertz CT molecular complexity index is 362. The van der Waals surface area contributed by atoms with E-state index in [0.717, 1.165) is 13.1 Å². The van der Waals surface area contributed by atoms with Crippen LogP contribution < -0.4 is 5.73 Å². The fourth-order valence-corrected chi connectivity index (χ4v) is 1.75. The Morgan fingerprint density at radius 2 is 2.00 bits per heavy atom. The lowest BCUT2D eigenvalue weighted by Crippen LogP contribution is -2.23. The van der Waals surface area contributed by atoms with Crippen LogP contribution in [0.4, 0.5) is 0 Å². The van der Waals surface area contributed by atoms with Gasteiger partial charge in [0, 0.05) is 6.54 Å². The highest BCUT2D eigenvalue weighted by Crippen LogP contribution is 2.15. The number of rotatable bonds is 6. The Morgan fingerprint density at radius 3 is 2.47 bits per heavy atom. The summed E-state index contributed by atoms with van der Waals surface area (Å²) in [6, 6.07) is 8.66. The Balaban J connectivity index is 2.65. The molecule has 0 saturated carbocycles. The summed E-state index contributed by atoms with van der Waals surface area (Å²) < 4.78 is 0. The Labute approximate surface area is 105 Å². The summed E-state index contributed by atoms with van der Waals surface area (Å²) >= 11 is 0. The van der Waals surface area contributed by atoms with Crippen LogP contribution in [0.5, 0.6) is 0 Å². The number of benzene rings is 1. The molecule has 0 fully saturated rings. The molecule has 0 heterocycles. The van der Waals surface area contributed by atoms with Crippen LogP contribution in [0.1, 0.15) is 30.9 Å². The largest absolute Gasteiger partial charge is 0.330 e. The Kier molecular flexibility index (Phi) is 5.76. The number of nitrogens with zero attached hydrogens (tertiary/aromatic N) is 1. The summed E-state index contributed by atoms with van der Waals surface area (Å²) in [6.45, 7) is 7.56. The molecule has 1 atom stereocenters. The molecule has 0 saturated heterocycles. The first kappa shape index (κ1) is 13.8. The second kappa shape index (κ2) is 7.11. The maximum Gasteiger partial charge on any atom is 0.0601 e. The molecule has 1 rings (SSSR count). The average molecular weight is 230 g/mol. The smallest absolute Gasteiger partial charge is 0.0601 e. The van der Waals surface area contributed by atoms with Crippen LogP contribution in [0.25, 0.3) is 0 Å². The van der Waals surface area contributed by atoms with E-state index < -0.39 is 0 Å². The van der Waals surface area contributed by atoms with E-state index in [9.17, 15) is 0 Å². The second-order valence-corrected chi connectivity index (χ2v) is 4.39. The first-order valence-electron chi connectivity index (χ1n) is 6.16. The van der Waals surface area contributed by atoms with Crippen molar-refractivity contribution in [3.05, 3.63) is 35.4 Å². The molecule has 0 aliphatic carbocycles. The third-order valence-electron chi connectivity index (χ3n) is 3.07. The van der Waals surface area contributed by atoms with Gasteiger partial charge in [0.2, 0.25) is 0 Å². The van der Waals surface area contributed by atoms with Crippen molar-refractivity contribution in [3.8, 4) is 12.3 Å². The first-order valence-corrected chi connectivity index (χ1v) is 6.16. The van der Waals surface area contributed by atoms with Gasteiger partial charge >= 0.3 is 0 Å². The maximum atomic E-state index is 5.65. The highest BCUT2D eigenvalue weighted by atomic mass is 15.1. The average Bonchev–Trinajstić information content (AvgIpc) is 2.38. The molecular weight excluding hydrogens is 208 g/mol. The van der Waals surface area contributed by atoms with Crippen LogP contribution in [0, 0.1) is 12.3 Å². The van der Waals surface area contributed by atoms with E-state index in [0.29, 0.717) is 19.0 Å². The van der Waals surface area contributed by atoms with Crippen LogP contribution in [-0.4, -0.2) is 24.5 Å². The van der Waals surface area contributed by atoms with Crippen molar-refractivity contribution < 1.29 is 0 Å². The molecule has 0 aliphatic rings. The van der Waals surface area contributed by atoms with Gasteiger partial charge in [-0.2, -0.15) is 0 Å². The van der Waals surface area contributed by atoms with Crippen molar-refractivity contribution in [1.82, 2.24) is 4.90 Å². The van der Waals surface area contributed by atoms with Gasteiger partial charge < -0.3 is 5.73 Å². The van der Waals surface area contributed by atoms with E-state index >= 15 is 0 Å². The van der Waals surface area contributed by atoms with Crippen LogP contribution >= 0.6 is 0 Å².